The Morgan fingerprint density at radius 2 is 1.71 bits per heavy atom. The van der Waals surface area contributed by atoms with Crippen molar-refractivity contribution < 1.29 is 17.5 Å². The smallest absolute Gasteiger partial charge is 0.339 e. The van der Waals surface area contributed by atoms with Gasteiger partial charge in [-0.2, -0.15) is 8.42 Å². The Morgan fingerprint density at radius 1 is 1.03 bits per heavy atom. The molecule has 0 aliphatic rings. The van der Waals surface area contributed by atoms with Gasteiger partial charge in [0.15, 0.2) is 0 Å². The van der Waals surface area contributed by atoms with Crippen LogP contribution in [0.5, 0.6) is 5.75 Å². The lowest BCUT2D eigenvalue weighted by Gasteiger charge is -2.21. The number of nitro benzene ring substituents is 1. The molecule has 162 valence electrons. The molecule has 31 heavy (non-hydrogen) atoms. The van der Waals surface area contributed by atoms with E-state index in [0.29, 0.717) is 6.54 Å². The van der Waals surface area contributed by atoms with Crippen molar-refractivity contribution in [1.29, 1.82) is 0 Å². The molecule has 2 N–H and O–H groups in total. The van der Waals surface area contributed by atoms with Crippen LogP contribution < -0.4 is 9.92 Å². The summed E-state index contributed by atoms with van der Waals surface area (Å²) in [5.41, 5.74) is 8.27. The van der Waals surface area contributed by atoms with Crippen LogP contribution in [0, 0.1) is 10.1 Å². The van der Waals surface area contributed by atoms with Gasteiger partial charge >= 0.3 is 10.1 Å². The average Bonchev–Trinajstić information content (AvgIpc) is 2.78. The fraction of sp³-hybridized carbons (Fsp3) is 0.182. The molecule has 0 fully saturated rings. The van der Waals surface area contributed by atoms with Crippen LogP contribution in [-0.4, -0.2) is 17.8 Å². The summed E-state index contributed by atoms with van der Waals surface area (Å²) in [5.74, 6) is 0.140. The number of benzene rings is 3. The summed E-state index contributed by atoms with van der Waals surface area (Å²) in [5, 5.41) is 10.8. The summed E-state index contributed by atoms with van der Waals surface area (Å²) >= 11 is 2.29. The zero-order valence-electron chi connectivity index (χ0n) is 16.5. The Labute approximate surface area is 194 Å². The Hall–Kier alpha value is -2.50. The quantitative estimate of drug-likeness (QED) is 0.135. The molecule has 0 bridgehead atoms. The van der Waals surface area contributed by atoms with Crippen molar-refractivity contribution in [1.82, 2.24) is 0 Å². The third-order valence-corrected chi connectivity index (χ3v) is 6.69. The highest BCUT2D eigenvalue weighted by atomic mass is 127. The van der Waals surface area contributed by atoms with Gasteiger partial charge in [0.05, 0.1) is 4.92 Å². The maximum absolute atomic E-state index is 12.9. The lowest BCUT2D eigenvalue weighted by molar-refractivity contribution is -0.384. The van der Waals surface area contributed by atoms with E-state index in [-0.39, 0.29) is 22.3 Å². The zero-order valence-corrected chi connectivity index (χ0v) is 19.5. The first kappa shape index (κ1) is 23.2. The first-order chi connectivity index (χ1) is 14.9. The Kier molecular flexibility index (Phi) is 7.63. The van der Waals surface area contributed by atoms with Crippen molar-refractivity contribution in [2.45, 2.75) is 23.8 Å². The molecule has 0 saturated heterocycles. The molecule has 3 aromatic carbocycles. The fourth-order valence-corrected chi connectivity index (χ4v) is 4.85. The lowest BCUT2D eigenvalue weighted by Crippen LogP contribution is -2.13. The molecule has 0 aliphatic heterocycles. The van der Waals surface area contributed by atoms with E-state index < -0.39 is 15.0 Å². The molecule has 0 amide bonds. The molecule has 0 radical (unpaired) electrons. The summed E-state index contributed by atoms with van der Waals surface area (Å²) in [6.45, 7) is 0.314. The van der Waals surface area contributed by atoms with Gasteiger partial charge < -0.3 is 9.92 Å². The summed E-state index contributed by atoms with van der Waals surface area (Å²) in [4.78, 5) is 10.1. The number of non-ortho nitro benzene ring substituents is 1. The SMILES string of the molecule is NCc1ccc(OS(=O)(=O)c2ccc([N+](=O)[O-])cc2)c(C(CCI)c2ccccc2)c1. The highest BCUT2D eigenvalue weighted by Crippen LogP contribution is 2.37. The van der Waals surface area contributed by atoms with Crippen LogP contribution >= 0.6 is 22.6 Å². The molecule has 3 aromatic rings. The van der Waals surface area contributed by atoms with Crippen molar-refractivity contribution >= 4 is 38.4 Å². The monoisotopic (exact) mass is 552 g/mol. The third-order valence-electron chi connectivity index (χ3n) is 4.82. The lowest BCUT2D eigenvalue weighted by atomic mass is 9.87. The Morgan fingerprint density at radius 3 is 2.29 bits per heavy atom. The molecule has 0 spiro atoms. The molecule has 0 aromatic heterocycles. The number of nitro groups is 1. The Bertz CT molecular complexity index is 1150. The van der Waals surface area contributed by atoms with Crippen LogP contribution in [0.2, 0.25) is 0 Å². The molecule has 0 saturated carbocycles. The van der Waals surface area contributed by atoms with Crippen LogP contribution in [0.25, 0.3) is 0 Å². The van der Waals surface area contributed by atoms with Crippen molar-refractivity contribution in [3.8, 4) is 5.75 Å². The van der Waals surface area contributed by atoms with E-state index in [1.807, 2.05) is 36.4 Å². The molecular weight excluding hydrogens is 531 g/mol. The second-order valence-corrected chi connectivity index (χ2v) is 9.43. The van der Waals surface area contributed by atoms with E-state index in [9.17, 15) is 18.5 Å². The minimum absolute atomic E-state index is 0.0772. The predicted octanol–water partition coefficient (Wildman–Crippen LogP) is 4.78. The number of nitrogens with two attached hydrogens (primary N) is 1. The summed E-state index contributed by atoms with van der Waals surface area (Å²) in [6, 6.07) is 19.6. The molecule has 0 aliphatic carbocycles. The maximum atomic E-state index is 12.9. The van der Waals surface area contributed by atoms with Gasteiger partial charge in [0.1, 0.15) is 10.6 Å². The van der Waals surface area contributed by atoms with Gasteiger partial charge in [-0.15, -0.1) is 0 Å². The molecule has 3 rings (SSSR count). The molecule has 1 unspecified atom stereocenters. The van der Waals surface area contributed by atoms with E-state index in [4.69, 9.17) is 9.92 Å². The van der Waals surface area contributed by atoms with Gasteiger partial charge in [0.2, 0.25) is 0 Å². The standard InChI is InChI=1S/C22H21IN2O5S/c23-13-12-20(17-4-2-1-3-5-17)21-14-16(15-24)6-11-22(21)30-31(28,29)19-9-7-18(8-10-19)25(26)27/h1-11,14,20H,12-13,15,24H2. The summed E-state index contributed by atoms with van der Waals surface area (Å²) in [7, 11) is -4.18. The average molecular weight is 552 g/mol. The first-order valence-corrected chi connectivity index (χ1v) is 12.4. The van der Waals surface area contributed by atoms with E-state index in [1.165, 1.54) is 12.1 Å². The van der Waals surface area contributed by atoms with Crippen molar-refractivity contribution in [2.24, 2.45) is 5.73 Å². The second-order valence-electron chi connectivity index (χ2n) is 6.81. The highest BCUT2D eigenvalue weighted by molar-refractivity contribution is 14.1. The number of nitrogens with zero attached hydrogens (tertiary/aromatic N) is 1. The minimum atomic E-state index is -4.18. The van der Waals surface area contributed by atoms with E-state index in [1.54, 1.807) is 12.1 Å². The third kappa shape index (κ3) is 5.60. The molecular formula is C22H21IN2O5S. The number of alkyl halides is 1. The van der Waals surface area contributed by atoms with Gasteiger partial charge in [-0.1, -0.05) is 65.1 Å². The maximum Gasteiger partial charge on any atom is 0.339 e. The molecule has 9 heteroatoms. The number of hydrogen-bond donors (Lipinski definition) is 1. The van der Waals surface area contributed by atoms with Crippen LogP contribution in [0.3, 0.4) is 0 Å². The highest BCUT2D eigenvalue weighted by Gasteiger charge is 2.24. The van der Waals surface area contributed by atoms with Gasteiger partial charge in [-0.05, 0) is 35.7 Å². The summed E-state index contributed by atoms with van der Waals surface area (Å²) in [6.07, 6.45) is 0.784. The Balaban J connectivity index is 2.03. The predicted molar refractivity (Wildman–Crippen MR) is 127 cm³/mol. The number of hydrogen-bond acceptors (Lipinski definition) is 6. The fourth-order valence-electron chi connectivity index (χ4n) is 3.27. The second kappa shape index (κ2) is 10.2. The molecule has 7 nitrogen and oxygen atoms in total. The van der Waals surface area contributed by atoms with Crippen LogP contribution in [0.15, 0.2) is 77.7 Å². The van der Waals surface area contributed by atoms with E-state index in [2.05, 4.69) is 22.6 Å². The van der Waals surface area contributed by atoms with Crippen LogP contribution in [-0.2, 0) is 16.7 Å². The van der Waals surface area contributed by atoms with Crippen molar-refractivity contribution in [3.63, 3.8) is 0 Å². The van der Waals surface area contributed by atoms with Gasteiger partial charge in [0, 0.05) is 34.6 Å². The van der Waals surface area contributed by atoms with E-state index >= 15 is 0 Å². The number of rotatable bonds is 9. The van der Waals surface area contributed by atoms with E-state index in [0.717, 1.165) is 39.7 Å². The largest absolute Gasteiger partial charge is 0.379 e. The molecule has 1 atom stereocenters. The van der Waals surface area contributed by atoms with Gasteiger partial charge in [-0.25, -0.2) is 0 Å². The van der Waals surface area contributed by atoms with Crippen LogP contribution in [0.4, 0.5) is 5.69 Å². The van der Waals surface area contributed by atoms with Crippen molar-refractivity contribution in [2.75, 3.05) is 4.43 Å². The van der Waals surface area contributed by atoms with Gasteiger partial charge in [-0.3, -0.25) is 10.1 Å². The van der Waals surface area contributed by atoms with Crippen LogP contribution in [0.1, 0.15) is 29.0 Å². The summed E-state index contributed by atoms with van der Waals surface area (Å²) < 4.78 is 32.2. The normalized spacial score (nSPS) is 12.3. The van der Waals surface area contributed by atoms with Crippen molar-refractivity contribution in [3.05, 3.63) is 99.6 Å². The topological polar surface area (TPSA) is 113 Å². The molecule has 0 heterocycles. The number of halogens is 1. The minimum Gasteiger partial charge on any atom is -0.379 e. The zero-order chi connectivity index (χ0) is 22.4. The first-order valence-electron chi connectivity index (χ1n) is 9.48. The van der Waals surface area contributed by atoms with Gasteiger partial charge in [0.25, 0.3) is 5.69 Å².